The number of benzene rings is 1. The van der Waals surface area contributed by atoms with Crippen molar-refractivity contribution in [1.82, 2.24) is 19.6 Å². The van der Waals surface area contributed by atoms with Gasteiger partial charge in [0.15, 0.2) is 0 Å². The van der Waals surface area contributed by atoms with E-state index in [-0.39, 0.29) is 21.9 Å². The van der Waals surface area contributed by atoms with Crippen LogP contribution in [-0.4, -0.2) is 51.3 Å². The van der Waals surface area contributed by atoms with Crippen LogP contribution in [0.25, 0.3) is 11.3 Å². The van der Waals surface area contributed by atoms with Crippen LogP contribution in [0.1, 0.15) is 18.2 Å². The molecule has 1 aromatic carbocycles. The lowest BCUT2D eigenvalue weighted by atomic mass is 10.1. The Hall–Kier alpha value is -3.61. The molecule has 0 atom stereocenters. The van der Waals surface area contributed by atoms with Crippen LogP contribution in [0.4, 0.5) is 13.2 Å². The SMILES string of the molecule is CC1=C(c2ccnn2-c2ccc(C#N)cc2)C(=O)N(CC=O)CN1C(F)(F)F. The molecule has 0 spiro atoms. The lowest BCUT2D eigenvalue weighted by molar-refractivity contribution is -0.242. The minimum absolute atomic E-state index is 0.114. The van der Waals surface area contributed by atoms with Gasteiger partial charge in [0.1, 0.15) is 13.0 Å². The number of aromatic nitrogens is 2. The fourth-order valence-corrected chi connectivity index (χ4v) is 2.96. The molecule has 1 aromatic heterocycles. The molecule has 7 nitrogen and oxygen atoms in total. The van der Waals surface area contributed by atoms with Crippen molar-refractivity contribution < 1.29 is 22.8 Å². The number of amides is 1. The van der Waals surface area contributed by atoms with Crippen LogP contribution in [-0.2, 0) is 9.59 Å². The van der Waals surface area contributed by atoms with Gasteiger partial charge in [-0.3, -0.25) is 9.69 Å². The fourth-order valence-electron chi connectivity index (χ4n) is 2.96. The van der Waals surface area contributed by atoms with Crippen LogP contribution in [0.3, 0.4) is 0 Å². The number of nitriles is 1. The van der Waals surface area contributed by atoms with Gasteiger partial charge in [-0.05, 0) is 37.3 Å². The first kappa shape index (κ1) is 19.2. The van der Waals surface area contributed by atoms with Crippen LogP contribution in [0.15, 0.2) is 42.2 Å². The number of hydrogen-bond donors (Lipinski definition) is 0. The molecule has 28 heavy (non-hydrogen) atoms. The molecular weight excluding hydrogens is 375 g/mol. The molecule has 0 N–H and O–H groups in total. The summed E-state index contributed by atoms with van der Waals surface area (Å²) in [6.45, 7) is -0.0241. The lowest BCUT2D eigenvalue weighted by Crippen LogP contribution is -2.52. The van der Waals surface area contributed by atoms with E-state index in [0.717, 1.165) is 4.90 Å². The summed E-state index contributed by atoms with van der Waals surface area (Å²) in [5.74, 6) is -0.694. The first-order chi connectivity index (χ1) is 13.3. The molecule has 1 amide bonds. The number of allylic oxidation sites excluding steroid dienone is 1. The van der Waals surface area contributed by atoms with Crippen LogP contribution < -0.4 is 0 Å². The van der Waals surface area contributed by atoms with Crippen molar-refractivity contribution in [3.63, 3.8) is 0 Å². The zero-order valence-electron chi connectivity index (χ0n) is 14.6. The number of carbonyl (C=O) groups is 2. The van der Waals surface area contributed by atoms with Crippen molar-refractivity contribution >= 4 is 17.8 Å². The van der Waals surface area contributed by atoms with E-state index in [0.29, 0.717) is 17.5 Å². The van der Waals surface area contributed by atoms with Gasteiger partial charge in [0.2, 0.25) is 0 Å². The third-order valence-corrected chi connectivity index (χ3v) is 4.32. The molecule has 0 saturated carbocycles. The highest BCUT2D eigenvalue weighted by molar-refractivity contribution is 6.20. The summed E-state index contributed by atoms with van der Waals surface area (Å²) in [5, 5.41) is 13.0. The molecule has 10 heteroatoms. The number of aldehydes is 1. The molecule has 0 bridgehead atoms. The van der Waals surface area contributed by atoms with Crippen molar-refractivity contribution in [3.8, 4) is 11.8 Å². The van der Waals surface area contributed by atoms with Gasteiger partial charge in [-0.25, -0.2) is 4.68 Å². The van der Waals surface area contributed by atoms with Crippen LogP contribution in [0, 0.1) is 11.3 Å². The lowest BCUT2D eigenvalue weighted by Gasteiger charge is -2.38. The molecule has 0 unspecified atom stereocenters. The molecule has 3 rings (SSSR count). The molecule has 2 heterocycles. The Morgan fingerprint density at radius 3 is 2.50 bits per heavy atom. The van der Waals surface area contributed by atoms with Gasteiger partial charge < -0.3 is 9.69 Å². The Labute approximate surface area is 157 Å². The molecule has 144 valence electrons. The summed E-state index contributed by atoms with van der Waals surface area (Å²) in [6.07, 6.45) is -2.99. The number of alkyl halides is 3. The topological polar surface area (TPSA) is 82.2 Å². The zero-order valence-corrected chi connectivity index (χ0v) is 14.6. The van der Waals surface area contributed by atoms with Gasteiger partial charge in [0.25, 0.3) is 5.91 Å². The number of carbonyl (C=O) groups excluding carboxylic acids is 2. The van der Waals surface area contributed by atoms with E-state index in [2.05, 4.69) is 5.10 Å². The predicted octanol–water partition coefficient (Wildman–Crippen LogP) is 2.30. The molecule has 1 aliphatic rings. The third-order valence-electron chi connectivity index (χ3n) is 4.32. The summed E-state index contributed by atoms with van der Waals surface area (Å²) in [7, 11) is 0. The van der Waals surface area contributed by atoms with Crippen molar-refractivity contribution in [2.24, 2.45) is 0 Å². The minimum Gasteiger partial charge on any atom is -0.313 e. The highest BCUT2D eigenvalue weighted by atomic mass is 19.4. The van der Waals surface area contributed by atoms with Crippen LogP contribution >= 0.6 is 0 Å². The maximum Gasteiger partial charge on any atom is 0.486 e. The first-order valence-corrected chi connectivity index (χ1v) is 8.11. The maximum absolute atomic E-state index is 13.5. The number of rotatable bonds is 4. The number of halogens is 3. The van der Waals surface area contributed by atoms with Crippen molar-refractivity contribution in [2.75, 3.05) is 13.2 Å². The van der Waals surface area contributed by atoms with E-state index in [1.54, 1.807) is 12.1 Å². The van der Waals surface area contributed by atoms with E-state index in [4.69, 9.17) is 5.26 Å². The fraction of sp³-hybridized carbons (Fsp3) is 0.222. The van der Waals surface area contributed by atoms with Gasteiger partial charge in [0.05, 0.1) is 41.3 Å². The monoisotopic (exact) mass is 389 g/mol. The highest BCUT2D eigenvalue weighted by Gasteiger charge is 2.44. The van der Waals surface area contributed by atoms with Crippen molar-refractivity contribution in [1.29, 1.82) is 5.26 Å². The summed E-state index contributed by atoms with van der Waals surface area (Å²) < 4.78 is 41.7. The normalized spacial score (nSPS) is 15.0. The quantitative estimate of drug-likeness (QED) is 0.592. The van der Waals surface area contributed by atoms with Crippen LogP contribution in [0.2, 0.25) is 0 Å². The Balaban J connectivity index is 2.15. The molecule has 0 fully saturated rings. The third kappa shape index (κ3) is 3.34. The smallest absolute Gasteiger partial charge is 0.313 e. The van der Waals surface area contributed by atoms with Gasteiger partial charge in [0, 0.05) is 5.70 Å². The summed E-state index contributed by atoms with van der Waals surface area (Å²) in [6, 6.07) is 9.60. The molecular formula is C18H14F3N5O2. The number of hydrogen-bond acceptors (Lipinski definition) is 5. The molecule has 0 radical (unpaired) electrons. The van der Waals surface area contributed by atoms with Crippen molar-refractivity contribution in [3.05, 3.63) is 53.5 Å². The second-order valence-corrected chi connectivity index (χ2v) is 5.98. The van der Waals surface area contributed by atoms with Gasteiger partial charge in [-0.15, -0.1) is 0 Å². The average Bonchev–Trinajstić information content (AvgIpc) is 3.12. The largest absolute Gasteiger partial charge is 0.486 e. The molecule has 2 aromatic rings. The Morgan fingerprint density at radius 2 is 1.93 bits per heavy atom. The second kappa shape index (κ2) is 7.19. The van der Waals surface area contributed by atoms with E-state index in [1.807, 2.05) is 6.07 Å². The minimum atomic E-state index is -4.73. The molecule has 0 aliphatic carbocycles. The van der Waals surface area contributed by atoms with E-state index < -0.39 is 25.4 Å². The van der Waals surface area contributed by atoms with E-state index in [9.17, 15) is 22.8 Å². The second-order valence-electron chi connectivity index (χ2n) is 5.98. The molecule has 1 aliphatic heterocycles. The van der Waals surface area contributed by atoms with Gasteiger partial charge in [-0.2, -0.15) is 23.5 Å². The highest BCUT2D eigenvalue weighted by Crippen LogP contribution is 2.35. The Morgan fingerprint density at radius 1 is 1.25 bits per heavy atom. The zero-order chi connectivity index (χ0) is 20.5. The predicted molar refractivity (Wildman–Crippen MR) is 91.4 cm³/mol. The van der Waals surface area contributed by atoms with E-state index in [1.165, 1.54) is 36.0 Å². The van der Waals surface area contributed by atoms with Crippen molar-refractivity contribution in [2.45, 2.75) is 13.2 Å². The molecule has 0 saturated heterocycles. The maximum atomic E-state index is 13.5. The van der Waals surface area contributed by atoms with E-state index >= 15 is 0 Å². The summed E-state index contributed by atoms with van der Waals surface area (Å²) >= 11 is 0. The Kier molecular flexibility index (Phi) is 4.92. The van der Waals surface area contributed by atoms with Crippen LogP contribution in [0.5, 0.6) is 0 Å². The first-order valence-electron chi connectivity index (χ1n) is 8.11. The standard InChI is InChI=1S/C18H14F3N5O2/c1-12-16(17(28)24(8-9-27)11-25(12)18(19,20)21)15-6-7-23-26(15)14-4-2-13(10-22)3-5-14/h2-7,9H,8,11H2,1H3. The van der Waals surface area contributed by atoms with Gasteiger partial charge >= 0.3 is 6.30 Å². The number of nitrogens with zero attached hydrogens (tertiary/aromatic N) is 5. The van der Waals surface area contributed by atoms with Gasteiger partial charge in [-0.1, -0.05) is 0 Å². The summed E-state index contributed by atoms with van der Waals surface area (Å²) in [4.78, 5) is 24.6. The Bertz CT molecular complexity index is 986. The summed E-state index contributed by atoms with van der Waals surface area (Å²) in [5.41, 5.74) is 0.541. The average molecular weight is 389 g/mol.